The number of thioether (sulfide) groups is 1. The zero-order valence-electron chi connectivity index (χ0n) is 19.8. The Morgan fingerprint density at radius 2 is 1.79 bits per heavy atom. The van der Waals surface area contributed by atoms with Crippen LogP contribution in [0, 0.1) is 13.8 Å². The minimum atomic E-state index is -0.313. The summed E-state index contributed by atoms with van der Waals surface area (Å²) in [5.74, 6) is 1.74. The number of benzene rings is 2. The average molecular weight is 470 g/mol. The van der Waals surface area contributed by atoms with Crippen molar-refractivity contribution in [2.75, 3.05) is 19.8 Å². The molecule has 3 rings (SSSR count). The molecule has 2 aromatic rings. The van der Waals surface area contributed by atoms with Crippen LogP contribution in [0.3, 0.4) is 0 Å². The van der Waals surface area contributed by atoms with Gasteiger partial charge in [0.05, 0.1) is 24.2 Å². The normalized spacial score (nSPS) is 15.8. The molecule has 2 amide bonds. The Hall–Kier alpha value is -2.93. The highest BCUT2D eigenvalue weighted by Gasteiger charge is 2.34. The summed E-state index contributed by atoms with van der Waals surface area (Å²) in [6.07, 6.45) is 2.66. The zero-order chi connectivity index (χ0) is 24.0. The molecule has 1 aliphatic rings. The summed E-state index contributed by atoms with van der Waals surface area (Å²) in [7, 11) is 0. The van der Waals surface area contributed by atoms with Crippen molar-refractivity contribution in [2.45, 2.75) is 47.1 Å². The number of carbonyl (C=O) groups excluding carboxylic acids is 2. The smallest absolute Gasteiger partial charge is 0.293 e. The SMILES string of the molecule is CCOc1cc(/C=C2\SC(=O)N(CCOc3cc(C)ccc3C)C2=O)ccc1OC(C)CC. The van der Waals surface area contributed by atoms with E-state index >= 15 is 0 Å². The topological polar surface area (TPSA) is 65.1 Å². The van der Waals surface area contributed by atoms with Crippen molar-refractivity contribution in [1.82, 2.24) is 4.90 Å². The summed E-state index contributed by atoms with van der Waals surface area (Å²) in [5, 5.41) is -0.294. The lowest BCUT2D eigenvalue weighted by molar-refractivity contribution is -0.123. The summed E-state index contributed by atoms with van der Waals surface area (Å²) in [4.78, 5) is 26.9. The summed E-state index contributed by atoms with van der Waals surface area (Å²) in [6.45, 7) is 10.9. The van der Waals surface area contributed by atoms with Gasteiger partial charge >= 0.3 is 0 Å². The van der Waals surface area contributed by atoms with Gasteiger partial charge in [-0.2, -0.15) is 0 Å². The molecular weight excluding hydrogens is 438 g/mol. The standard InChI is InChI=1S/C26H31NO5S/c1-6-19(5)32-21-11-10-20(15-23(21)30-7-2)16-24-25(28)27(26(29)33-24)12-13-31-22-14-17(3)8-9-18(22)4/h8-11,14-16,19H,6-7,12-13H2,1-5H3/b24-16-. The second-order valence-electron chi connectivity index (χ2n) is 7.93. The van der Waals surface area contributed by atoms with Crippen LogP contribution in [-0.4, -0.2) is 41.9 Å². The maximum Gasteiger partial charge on any atom is 0.293 e. The van der Waals surface area contributed by atoms with Crippen LogP contribution < -0.4 is 14.2 Å². The van der Waals surface area contributed by atoms with Gasteiger partial charge in [0.1, 0.15) is 12.4 Å². The molecule has 1 heterocycles. The highest BCUT2D eigenvalue weighted by Crippen LogP contribution is 2.35. The van der Waals surface area contributed by atoms with Gasteiger partial charge in [-0.15, -0.1) is 0 Å². The Labute approximate surface area is 199 Å². The fourth-order valence-electron chi connectivity index (χ4n) is 3.23. The summed E-state index contributed by atoms with van der Waals surface area (Å²) in [6, 6.07) is 11.5. The van der Waals surface area contributed by atoms with E-state index in [-0.39, 0.29) is 30.4 Å². The molecule has 0 aromatic heterocycles. The summed E-state index contributed by atoms with van der Waals surface area (Å²) >= 11 is 0.937. The van der Waals surface area contributed by atoms with Gasteiger partial charge in [0, 0.05) is 0 Å². The van der Waals surface area contributed by atoms with E-state index in [0.717, 1.165) is 40.6 Å². The first-order valence-corrected chi connectivity index (χ1v) is 12.0. The molecule has 33 heavy (non-hydrogen) atoms. The summed E-state index contributed by atoms with van der Waals surface area (Å²) in [5.41, 5.74) is 2.88. The molecule has 1 aliphatic heterocycles. The van der Waals surface area contributed by atoms with E-state index in [1.807, 2.05) is 64.1 Å². The first-order valence-electron chi connectivity index (χ1n) is 11.2. The van der Waals surface area contributed by atoms with E-state index in [9.17, 15) is 9.59 Å². The number of nitrogens with zero attached hydrogens (tertiary/aromatic N) is 1. The summed E-state index contributed by atoms with van der Waals surface area (Å²) < 4.78 is 17.5. The molecule has 0 spiro atoms. The van der Waals surface area contributed by atoms with E-state index < -0.39 is 0 Å². The van der Waals surface area contributed by atoms with Gasteiger partial charge in [-0.3, -0.25) is 14.5 Å². The van der Waals surface area contributed by atoms with Gasteiger partial charge in [-0.25, -0.2) is 0 Å². The fourth-order valence-corrected chi connectivity index (χ4v) is 4.10. The highest BCUT2D eigenvalue weighted by atomic mass is 32.2. The third kappa shape index (κ3) is 6.32. The molecule has 2 aromatic carbocycles. The highest BCUT2D eigenvalue weighted by molar-refractivity contribution is 8.18. The number of imide groups is 1. The predicted octanol–water partition coefficient (Wildman–Crippen LogP) is 5.99. The zero-order valence-corrected chi connectivity index (χ0v) is 20.7. The quantitative estimate of drug-likeness (QED) is 0.398. The van der Waals surface area contributed by atoms with Crippen molar-refractivity contribution in [3.63, 3.8) is 0 Å². The van der Waals surface area contributed by atoms with Crippen molar-refractivity contribution >= 4 is 29.0 Å². The van der Waals surface area contributed by atoms with Gasteiger partial charge in [0.2, 0.25) is 0 Å². The van der Waals surface area contributed by atoms with E-state index in [2.05, 4.69) is 6.92 Å². The average Bonchev–Trinajstić information content (AvgIpc) is 3.05. The number of hydrogen-bond acceptors (Lipinski definition) is 6. The van der Waals surface area contributed by atoms with Gasteiger partial charge in [0.15, 0.2) is 11.5 Å². The van der Waals surface area contributed by atoms with Crippen molar-refractivity contribution in [1.29, 1.82) is 0 Å². The number of aryl methyl sites for hydroxylation is 2. The molecule has 1 unspecified atom stereocenters. The van der Waals surface area contributed by atoms with E-state index in [1.165, 1.54) is 4.90 Å². The van der Waals surface area contributed by atoms with Crippen molar-refractivity contribution in [2.24, 2.45) is 0 Å². The van der Waals surface area contributed by atoms with Crippen molar-refractivity contribution in [3.05, 3.63) is 58.0 Å². The van der Waals surface area contributed by atoms with Crippen molar-refractivity contribution < 1.29 is 23.8 Å². The second-order valence-corrected chi connectivity index (χ2v) is 8.92. The largest absolute Gasteiger partial charge is 0.491 e. The molecule has 0 N–H and O–H groups in total. The fraction of sp³-hybridized carbons (Fsp3) is 0.385. The Morgan fingerprint density at radius 3 is 2.52 bits per heavy atom. The van der Waals surface area contributed by atoms with Crippen molar-refractivity contribution in [3.8, 4) is 17.2 Å². The number of ether oxygens (including phenoxy) is 3. The molecule has 1 atom stereocenters. The molecule has 176 valence electrons. The molecule has 1 fully saturated rings. The molecule has 6 nitrogen and oxygen atoms in total. The molecule has 7 heteroatoms. The Bertz CT molecular complexity index is 1050. The van der Waals surface area contributed by atoms with Crippen LogP contribution in [0.4, 0.5) is 4.79 Å². The Balaban J connectivity index is 1.69. The number of carbonyl (C=O) groups is 2. The van der Waals surface area contributed by atoms with E-state index in [1.54, 1.807) is 6.08 Å². The van der Waals surface area contributed by atoms with E-state index in [0.29, 0.717) is 23.0 Å². The van der Waals surface area contributed by atoms with Crippen LogP contribution >= 0.6 is 11.8 Å². The van der Waals surface area contributed by atoms with Gasteiger partial charge < -0.3 is 14.2 Å². The van der Waals surface area contributed by atoms with Gasteiger partial charge in [-0.1, -0.05) is 25.1 Å². The van der Waals surface area contributed by atoms with Crippen LogP contribution in [0.5, 0.6) is 17.2 Å². The lowest BCUT2D eigenvalue weighted by atomic mass is 10.1. The van der Waals surface area contributed by atoms with Crippen LogP contribution in [0.25, 0.3) is 6.08 Å². The molecule has 1 saturated heterocycles. The van der Waals surface area contributed by atoms with Crippen LogP contribution in [0.2, 0.25) is 0 Å². The lowest BCUT2D eigenvalue weighted by Crippen LogP contribution is -2.32. The first-order chi connectivity index (χ1) is 15.8. The number of rotatable bonds is 10. The van der Waals surface area contributed by atoms with Gasteiger partial charge in [-0.05, 0) is 86.8 Å². The Morgan fingerprint density at radius 1 is 1.00 bits per heavy atom. The Kier molecular flexibility index (Phi) is 8.44. The molecular formula is C26H31NO5S. The third-order valence-corrected chi connectivity index (χ3v) is 6.17. The predicted molar refractivity (Wildman–Crippen MR) is 132 cm³/mol. The number of amides is 2. The number of hydrogen-bond donors (Lipinski definition) is 0. The van der Waals surface area contributed by atoms with Crippen LogP contribution in [0.15, 0.2) is 41.3 Å². The molecule has 0 radical (unpaired) electrons. The molecule has 0 saturated carbocycles. The third-order valence-electron chi connectivity index (χ3n) is 5.26. The lowest BCUT2D eigenvalue weighted by Gasteiger charge is -2.16. The monoisotopic (exact) mass is 469 g/mol. The van der Waals surface area contributed by atoms with E-state index in [4.69, 9.17) is 14.2 Å². The molecule has 0 bridgehead atoms. The maximum absolute atomic E-state index is 12.9. The second kappa shape index (κ2) is 11.3. The minimum absolute atomic E-state index is 0.0670. The first kappa shape index (κ1) is 24.7. The maximum atomic E-state index is 12.9. The van der Waals surface area contributed by atoms with Crippen LogP contribution in [-0.2, 0) is 4.79 Å². The minimum Gasteiger partial charge on any atom is -0.491 e. The van der Waals surface area contributed by atoms with Gasteiger partial charge in [0.25, 0.3) is 11.1 Å². The molecule has 0 aliphatic carbocycles. The van der Waals surface area contributed by atoms with Crippen LogP contribution in [0.1, 0.15) is 43.9 Å².